The third-order valence-corrected chi connectivity index (χ3v) is 8.14. The molecule has 14 heteroatoms. The Morgan fingerprint density at radius 2 is 1.61 bits per heavy atom. The van der Waals surface area contributed by atoms with E-state index < -0.39 is 0 Å². The number of anilines is 2. The highest BCUT2D eigenvalue weighted by Gasteiger charge is 2.36. The fourth-order valence-corrected chi connectivity index (χ4v) is 5.22. The SMILES string of the molecule is CCCCCC=O.CNC(C)C=O.CNCC=O.CNc1cc(COC)cc(COc2cc3c(cc2OC)C(=O)N2c4ccccc4CC2C=N3)c1.COC=O. The van der Waals surface area contributed by atoms with Crippen molar-refractivity contribution < 1.29 is 42.9 Å². The van der Waals surface area contributed by atoms with Gasteiger partial charge in [0.1, 0.15) is 25.5 Å². The van der Waals surface area contributed by atoms with Gasteiger partial charge in [-0.2, -0.15) is 0 Å². The van der Waals surface area contributed by atoms with Gasteiger partial charge in [0.25, 0.3) is 12.4 Å². The second kappa shape index (κ2) is 28.9. The lowest BCUT2D eigenvalue weighted by molar-refractivity contribution is -0.126. The van der Waals surface area contributed by atoms with Gasteiger partial charge < -0.3 is 49.3 Å². The lowest BCUT2D eigenvalue weighted by Crippen LogP contribution is -2.37. The molecule has 0 fully saturated rings. The summed E-state index contributed by atoms with van der Waals surface area (Å²) in [4.78, 5) is 57.7. The van der Waals surface area contributed by atoms with E-state index in [2.05, 4.69) is 38.7 Å². The molecule has 0 aromatic heterocycles. The molecule has 2 atom stereocenters. The number of unbranched alkanes of at least 4 members (excludes halogenated alkanes) is 3. The normalized spacial score (nSPS) is 13.2. The molecule has 2 unspecified atom stereocenters. The summed E-state index contributed by atoms with van der Waals surface area (Å²) in [6.45, 7) is 5.61. The molecule has 5 rings (SSSR count). The van der Waals surface area contributed by atoms with Crippen LogP contribution in [0, 0.1) is 0 Å². The van der Waals surface area contributed by atoms with Gasteiger partial charge in [-0.15, -0.1) is 0 Å². The van der Waals surface area contributed by atoms with Gasteiger partial charge in [-0.1, -0.05) is 38.0 Å². The molecule has 1 amide bonds. The van der Waals surface area contributed by atoms with Gasteiger partial charge >= 0.3 is 0 Å². The number of ether oxygens (including phenoxy) is 4. The topological polar surface area (TPSA) is 174 Å². The van der Waals surface area contributed by atoms with E-state index in [1.807, 2.05) is 54.6 Å². The summed E-state index contributed by atoms with van der Waals surface area (Å²) < 4.78 is 20.9. The molecule has 14 nitrogen and oxygen atoms in total. The molecule has 56 heavy (non-hydrogen) atoms. The number of rotatable bonds is 16. The molecule has 3 aromatic rings. The van der Waals surface area contributed by atoms with E-state index in [0.29, 0.717) is 49.0 Å². The minimum atomic E-state index is -0.101. The van der Waals surface area contributed by atoms with E-state index in [1.54, 1.807) is 47.4 Å². The summed E-state index contributed by atoms with van der Waals surface area (Å²) in [6, 6.07) is 17.5. The number of nitrogens with zero attached hydrogens (tertiary/aromatic N) is 2. The molecule has 2 aliphatic rings. The summed E-state index contributed by atoms with van der Waals surface area (Å²) in [5, 5.41) is 8.56. The molecule has 3 N–H and O–H groups in total. The van der Waals surface area contributed by atoms with Crippen molar-refractivity contribution in [2.45, 2.75) is 71.2 Å². The van der Waals surface area contributed by atoms with Crippen LogP contribution < -0.4 is 30.3 Å². The fourth-order valence-electron chi connectivity index (χ4n) is 5.22. The molecule has 0 aliphatic carbocycles. The molecule has 0 saturated carbocycles. The zero-order valence-corrected chi connectivity index (χ0v) is 34.0. The first-order valence-corrected chi connectivity index (χ1v) is 18.4. The first-order valence-electron chi connectivity index (χ1n) is 18.4. The van der Waals surface area contributed by atoms with Crippen LogP contribution in [0.1, 0.15) is 66.6 Å². The van der Waals surface area contributed by atoms with Crippen LogP contribution in [0.25, 0.3) is 0 Å². The maximum atomic E-state index is 13.5. The zero-order valence-electron chi connectivity index (χ0n) is 34.0. The number of hydrogen-bond acceptors (Lipinski definition) is 13. The van der Waals surface area contributed by atoms with Crippen LogP contribution in [-0.4, -0.2) is 98.6 Å². The second-order valence-corrected chi connectivity index (χ2v) is 12.3. The van der Waals surface area contributed by atoms with E-state index >= 15 is 0 Å². The third-order valence-electron chi connectivity index (χ3n) is 8.14. The van der Waals surface area contributed by atoms with Gasteiger partial charge in [-0.25, -0.2) is 0 Å². The molecule has 306 valence electrons. The Labute approximate surface area is 331 Å². The van der Waals surface area contributed by atoms with Crippen LogP contribution >= 0.6 is 0 Å². The van der Waals surface area contributed by atoms with E-state index in [9.17, 15) is 19.2 Å². The summed E-state index contributed by atoms with van der Waals surface area (Å²) in [5.74, 6) is 0.949. The van der Waals surface area contributed by atoms with Crippen LogP contribution in [0.4, 0.5) is 17.1 Å². The number of fused-ring (bicyclic) bond motifs is 4. The minimum Gasteiger partial charge on any atom is -0.493 e. The monoisotopic (exact) mass is 777 g/mol. The summed E-state index contributed by atoms with van der Waals surface area (Å²) >= 11 is 0. The molecule has 2 aliphatic heterocycles. The van der Waals surface area contributed by atoms with Crippen molar-refractivity contribution in [2.24, 2.45) is 4.99 Å². The average Bonchev–Trinajstić information content (AvgIpc) is 3.55. The van der Waals surface area contributed by atoms with Gasteiger partial charge in [0, 0.05) is 50.7 Å². The van der Waals surface area contributed by atoms with Gasteiger partial charge in [0.2, 0.25) is 0 Å². The zero-order chi connectivity index (χ0) is 41.7. The van der Waals surface area contributed by atoms with Crippen molar-refractivity contribution in [3.63, 3.8) is 0 Å². The van der Waals surface area contributed by atoms with Crippen LogP contribution in [-0.2, 0) is 48.3 Å². The molecule has 3 aromatic carbocycles. The number of aldehydes is 3. The molecular weight excluding hydrogens is 718 g/mol. The van der Waals surface area contributed by atoms with Crippen molar-refractivity contribution >= 4 is 54.5 Å². The Balaban J connectivity index is 0.000000584. The number of methoxy groups -OCH3 is 3. The fraction of sp³-hybridized carbons (Fsp3) is 0.429. The van der Waals surface area contributed by atoms with Gasteiger partial charge in [-0.3, -0.25) is 19.5 Å². The average molecular weight is 778 g/mol. The predicted molar refractivity (Wildman–Crippen MR) is 221 cm³/mol. The highest BCUT2D eigenvalue weighted by Crippen LogP contribution is 2.41. The highest BCUT2D eigenvalue weighted by molar-refractivity contribution is 6.14. The maximum Gasteiger partial charge on any atom is 0.292 e. The first kappa shape index (κ1) is 48.6. The minimum absolute atomic E-state index is 0.00463. The molecule has 0 spiro atoms. The molecule has 0 saturated heterocycles. The van der Waals surface area contributed by atoms with Crippen LogP contribution in [0.3, 0.4) is 0 Å². The Kier molecular flexibility index (Phi) is 25.1. The number of carbonyl (C=O) groups excluding carboxylic acids is 5. The smallest absolute Gasteiger partial charge is 0.292 e. The van der Waals surface area contributed by atoms with Gasteiger partial charge in [0.15, 0.2) is 11.5 Å². The number of hydrogen-bond donors (Lipinski definition) is 3. The summed E-state index contributed by atoms with van der Waals surface area (Å²) in [6.07, 6.45) is 9.48. The van der Waals surface area contributed by atoms with Crippen molar-refractivity contribution in [1.82, 2.24) is 10.6 Å². The highest BCUT2D eigenvalue weighted by atomic mass is 16.5. The quantitative estimate of drug-likeness (QED) is 0.123. The summed E-state index contributed by atoms with van der Waals surface area (Å²) in [7, 11) is 9.92. The predicted octanol–water partition coefficient (Wildman–Crippen LogP) is 5.50. The van der Waals surface area contributed by atoms with Gasteiger partial charge in [0.05, 0.1) is 50.7 Å². The number of benzene rings is 3. The van der Waals surface area contributed by atoms with Crippen molar-refractivity contribution in [2.75, 3.05) is 59.2 Å². The molecule has 2 heterocycles. The van der Waals surface area contributed by atoms with Gasteiger partial charge in [-0.05, 0) is 74.5 Å². The Hall–Kier alpha value is -5.44. The van der Waals surface area contributed by atoms with Crippen molar-refractivity contribution in [1.29, 1.82) is 0 Å². The van der Waals surface area contributed by atoms with E-state index in [-0.39, 0.29) is 18.0 Å². The van der Waals surface area contributed by atoms with Crippen LogP contribution in [0.15, 0.2) is 59.6 Å². The van der Waals surface area contributed by atoms with E-state index in [4.69, 9.17) is 19.0 Å². The Morgan fingerprint density at radius 1 is 0.911 bits per heavy atom. The number of carbonyl (C=O) groups is 5. The van der Waals surface area contributed by atoms with E-state index in [1.165, 1.54) is 20.0 Å². The third kappa shape index (κ3) is 16.5. The molecule has 0 bridgehead atoms. The largest absolute Gasteiger partial charge is 0.493 e. The molecular formula is C42H59N5O9. The maximum absolute atomic E-state index is 13.5. The number of nitrogens with one attached hydrogen (secondary N) is 3. The lowest BCUT2D eigenvalue weighted by Gasteiger charge is -2.22. The van der Waals surface area contributed by atoms with Crippen molar-refractivity contribution in [3.8, 4) is 11.5 Å². The van der Waals surface area contributed by atoms with E-state index in [0.717, 1.165) is 66.2 Å². The number of para-hydroxylation sites is 1. The van der Waals surface area contributed by atoms with Crippen LogP contribution in [0.5, 0.6) is 11.5 Å². The number of aliphatic imine (C=N–C) groups is 1. The standard InChI is InChI=1S/C27H27N3O4.C6H12O.C4H9NO.C3H7NO.C2H4O2/c1-28-20-9-17(15-32-2)8-18(10-20)16-34-26-13-23-22(12-25(26)33-3)27(31)30-21(14-29-23)11-19-6-4-5-7-24(19)30;1-2-3-4-5-6-7;1-4(3-6)5-2;1-4-2-3-5;1-4-2-3/h4-10,12-14,21,28H,11,15-16H2,1-3H3;6H,2-5H2,1H3;3-5H,1-2H3;3-4H,2H2,1H3;2H,1H3. The Bertz CT molecular complexity index is 1670. The second-order valence-electron chi connectivity index (χ2n) is 12.3. The van der Waals surface area contributed by atoms with Crippen LogP contribution in [0.2, 0.25) is 0 Å². The summed E-state index contributed by atoms with van der Waals surface area (Å²) in [5.41, 5.74) is 6.20. The Morgan fingerprint density at radius 3 is 2.12 bits per heavy atom. The number of likely N-dealkylation sites (N-methyl/N-ethyl adjacent to an activating group) is 2. The first-order chi connectivity index (χ1) is 27.2. The lowest BCUT2D eigenvalue weighted by atomic mass is 10.1. The number of amides is 1. The van der Waals surface area contributed by atoms with Crippen molar-refractivity contribution in [3.05, 3.63) is 76.9 Å². The molecule has 0 radical (unpaired) electrons.